The molecule has 2 aromatic carbocycles. The summed E-state index contributed by atoms with van der Waals surface area (Å²) in [5.41, 5.74) is 0.747. The Kier molecular flexibility index (Phi) is 7.25. The SMILES string of the molecule is N#CC(=Cc1cc(Cl)c(OCC(=O)O)c(Cl)c1)C(=O)Nc1ccc(Br)cc1. The molecule has 0 unspecified atom stereocenters. The van der Waals surface area contributed by atoms with Crippen LogP contribution in [0.3, 0.4) is 0 Å². The summed E-state index contributed by atoms with van der Waals surface area (Å²) in [6.07, 6.45) is 1.31. The van der Waals surface area contributed by atoms with E-state index in [0.717, 1.165) is 4.47 Å². The van der Waals surface area contributed by atoms with Crippen molar-refractivity contribution in [2.75, 3.05) is 11.9 Å². The molecule has 0 saturated carbocycles. The number of halogens is 3. The lowest BCUT2D eigenvalue weighted by Crippen LogP contribution is -2.13. The number of anilines is 1. The van der Waals surface area contributed by atoms with Crippen LogP contribution in [0.2, 0.25) is 10.0 Å². The Bertz CT molecular complexity index is 930. The van der Waals surface area contributed by atoms with Crippen molar-refractivity contribution in [3.05, 3.63) is 62.1 Å². The van der Waals surface area contributed by atoms with Crippen LogP contribution in [0.4, 0.5) is 5.69 Å². The van der Waals surface area contributed by atoms with E-state index >= 15 is 0 Å². The molecule has 2 N–H and O–H groups in total. The standard InChI is InChI=1S/C18H11BrCl2N2O4/c19-12-1-3-13(4-2-12)23-18(26)11(8-22)5-10-6-14(20)17(15(21)7-10)27-9-16(24)25/h1-7H,9H2,(H,23,26)(H,24,25). The summed E-state index contributed by atoms with van der Waals surface area (Å²) in [4.78, 5) is 22.9. The number of benzene rings is 2. The largest absolute Gasteiger partial charge is 0.479 e. The van der Waals surface area contributed by atoms with E-state index in [9.17, 15) is 14.9 Å². The highest BCUT2D eigenvalue weighted by atomic mass is 79.9. The van der Waals surface area contributed by atoms with Crippen LogP contribution < -0.4 is 10.1 Å². The molecule has 1 amide bonds. The fourth-order valence-corrected chi connectivity index (χ4v) is 2.86. The van der Waals surface area contributed by atoms with E-state index in [-0.39, 0.29) is 21.4 Å². The van der Waals surface area contributed by atoms with Crippen LogP contribution in [0.25, 0.3) is 6.08 Å². The number of nitrogens with zero attached hydrogens (tertiary/aromatic N) is 1. The molecule has 2 aromatic rings. The molecule has 0 aliphatic heterocycles. The third-order valence-corrected chi connectivity index (χ3v) is 4.23. The molecule has 0 fully saturated rings. The van der Waals surface area contributed by atoms with Gasteiger partial charge >= 0.3 is 5.97 Å². The number of aliphatic carboxylic acids is 1. The van der Waals surface area contributed by atoms with Gasteiger partial charge in [0.25, 0.3) is 5.91 Å². The van der Waals surface area contributed by atoms with Gasteiger partial charge in [0.15, 0.2) is 12.4 Å². The maximum atomic E-state index is 12.3. The molecule has 0 spiro atoms. The Morgan fingerprint density at radius 2 is 1.81 bits per heavy atom. The van der Waals surface area contributed by atoms with Gasteiger partial charge in [-0.05, 0) is 48.0 Å². The summed E-state index contributed by atoms with van der Waals surface area (Å²) in [5.74, 6) is -1.77. The zero-order valence-electron chi connectivity index (χ0n) is 13.5. The lowest BCUT2D eigenvalue weighted by atomic mass is 10.1. The van der Waals surface area contributed by atoms with Gasteiger partial charge in [0.2, 0.25) is 0 Å². The minimum absolute atomic E-state index is 0.00991. The van der Waals surface area contributed by atoms with E-state index in [1.165, 1.54) is 18.2 Å². The summed E-state index contributed by atoms with van der Waals surface area (Å²) < 4.78 is 5.87. The monoisotopic (exact) mass is 468 g/mol. The molecule has 0 aliphatic carbocycles. The summed E-state index contributed by atoms with van der Waals surface area (Å²) in [7, 11) is 0. The minimum Gasteiger partial charge on any atom is -0.479 e. The van der Waals surface area contributed by atoms with E-state index in [1.54, 1.807) is 24.3 Å². The number of carboxylic acid groups (broad SMARTS) is 1. The normalized spacial score (nSPS) is 10.8. The van der Waals surface area contributed by atoms with Gasteiger partial charge in [-0.3, -0.25) is 4.79 Å². The molecule has 2 rings (SSSR count). The maximum Gasteiger partial charge on any atom is 0.341 e. The number of amides is 1. The van der Waals surface area contributed by atoms with Gasteiger partial charge in [0.1, 0.15) is 11.6 Å². The van der Waals surface area contributed by atoms with Crippen LogP contribution in [0.15, 0.2) is 46.4 Å². The van der Waals surface area contributed by atoms with Crippen LogP contribution in [0.1, 0.15) is 5.56 Å². The molecular formula is C18H11BrCl2N2O4. The fourth-order valence-electron chi connectivity index (χ4n) is 1.98. The number of carboxylic acids is 1. The first-order chi connectivity index (χ1) is 12.8. The number of nitrogens with one attached hydrogen (secondary N) is 1. The molecule has 0 heterocycles. The summed E-state index contributed by atoms with van der Waals surface area (Å²) in [5, 5.41) is 20.7. The Balaban J connectivity index is 2.23. The number of hydrogen-bond donors (Lipinski definition) is 2. The van der Waals surface area contributed by atoms with Crippen molar-refractivity contribution < 1.29 is 19.4 Å². The van der Waals surface area contributed by atoms with Gasteiger partial charge in [-0.2, -0.15) is 5.26 Å². The molecule has 6 nitrogen and oxygen atoms in total. The van der Waals surface area contributed by atoms with E-state index in [2.05, 4.69) is 21.2 Å². The average molecular weight is 470 g/mol. The van der Waals surface area contributed by atoms with Crippen LogP contribution >= 0.6 is 39.1 Å². The Morgan fingerprint density at radius 1 is 1.22 bits per heavy atom. The van der Waals surface area contributed by atoms with E-state index < -0.39 is 18.5 Å². The number of ether oxygens (including phenoxy) is 1. The van der Waals surface area contributed by atoms with Crippen molar-refractivity contribution in [2.24, 2.45) is 0 Å². The number of nitriles is 1. The molecule has 0 saturated heterocycles. The second kappa shape index (κ2) is 9.42. The lowest BCUT2D eigenvalue weighted by Gasteiger charge is -2.09. The van der Waals surface area contributed by atoms with Crippen LogP contribution in [0.5, 0.6) is 5.75 Å². The first kappa shape index (κ1) is 20.8. The Morgan fingerprint density at radius 3 is 2.33 bits per heavy atom. The molecule has 138 valence electrons. The van der Waals surface area contributed by atoms with E-state index in [0.29, 0.717) is 11.3 Å². The number of rotatable bonds is 6. The summed E-state index contributed by atoms with van der Waals surface area (Å²) in [6, 6.07) is 11.5. The highest BCUT2D eigenvalue weighted by Crippen LogP contribution is 2.35. The smallest absolute Gasteiger partial charge is 0.341 e. The molecule has 0 radical (unpaired) electrons. The van der Waals surface area contributed by atoms with Crippen LogP contribution in [-0.4, -0.2) is 23.6 Å². The molecule has 0 aliphatic rings. The van der Waals surface area contributed by atoms with Gasteiger partial charge in [-0.1, -0.05) is 39.1 Å². The van der Waals surface area contributed by atoms with Gasteiger partial charge in [-0.15, -0.1) is 0 Å². The molecule has 9 heteroatoms. The van der Waals surface area contributed by atoms with Crippen molar-refractivity contribution in [2.45, 2.75) is 0 Å². The maximum absolute atomic E-state index is 12.3. The quantitative estimate of drug-likeness (QED) is 0.469. The third-order valence-electron chi connectivity index (χ3n) is 3.14. The first-order valence-corrected chi connectivity index (χ1v) is 8.87. The fraction of sp³-hybridized carbons (Fsp3) is 0.0556. The Hall–Kier alpha value is -2.53. The van der Waals surface area contributed by atoms with Crippen molar-refractivity contribution in [3.8, 4) is 11.8 Å². The molecular weight excluding hydrogens is 459 g/mol. The number of carbonyl (C=O) groups is 2. The summed E-state index contributed by atoms with van der Waals surface area (Å²) in [6.45, 7) is -0.604. The van der Waals surface area contributed by atoms with Crippen LogP contribution in [-0.2, 0) is 9.59 Å². The summed E-state index contributed by atoms with van der Waals surface area (Å²) >= 11 is 15.4. The second-order valence-corrected chi connectivity index (χ2v) is 6.86. The zero-order chi connectivity index (χ0) is 20.0. The number of hydrogen-bond acceptors (Lipinski definition) is 4. The molecule has 0 atom stereocenters. The first-order valence-electron chi connectivity index (χ1n) is 7.32. The van der Waals surface area contributed by atoms with E-state index in [1.807, 2.05) is 6.07 Å². The van der Waals surface area contributed by atoms with E-state index in [4.69, 9.17) is 33.0 Å². The Labute approximate surface area is 173 Å². The van der Waals surface area contributed by atoms with Gasteiger partial charge < -0.3 is 15.2 Å². The van der Waals surface area contributed by atoms with Crippen molar-refractivity contribution in [1.29, 1.82) is 5.26 Å². The molecule has 0 aromatic heterocycles. The van der Waals surface area contributed by atoms with Crippen molar-refractivity contribution in [1.82, 2.24) is 0 Å². The second-order valence-electron chi connectivity index (χ2n) is 5.13. The van der Waals surface area contributed by atoms with Gasteiger partial charge in [0.05, 0.1) is 10.0 Å². The minimum atomic E-state index is -1.18. The highest BCUT2D eigenvalue weighted by Gasteiger charge is 2.14. The number of carbonyl (C=O) groups excluding carboxylic acids is 1. The van der Waals surface area contributed by atoms with Crippen molar-refractivity contribution >= 4 is 62.8 Å². The average Bonchev–Trinajstić information content (AvgIpc) is 2.60. The van der Waals surface area contributed by atoms with Crippen LogP contribution in [0, 0.1) is 11.3 Å². The van der Waals surface area contributed by atoms with Gasteiger partial charge in [0, 0.05) is 10.2 Å². The predicted molar refractivity (Wildman–Crippen MR) is 106 cm³/mol. The zero-order valence-corrected chi connectivity index (χ0v) is 16.6. The highest BCUT2D eigenvalue weighted by molar-refractivity contribution is 9.10. The topological polar surface area (TPSA) is 99.4 Å². The van der Waals surface area contributed by atoms with Crippen molar-refractivity contribution in [3.63, 3.8) is 0 Å². The van der Waals surface area contributed by atoms with Gasteiger partial charge in [-0.25, -0.2) is 4.79 Å². The predicted octanol–water partition coefficient (Wildman–Crippen LogP) is 4.76. The lowest BCUT2D eigenvalue weighted by molar-refractivity contribution is -0.139. The molecule has 0 bridgehead atoms. The third kappa shape index (κ3) is 6.00. The molecule has 27 heavy (non-hydrogen) atoms.